The van der Waals surface area contributed by atoms with Gasteiger partial charge in [0.2, 0.25) is 0 Å². The first kappa shape index (κ1) is 68.8. The van der Waals surface area contributed by atoms with Crippen LogP contribution < -0.4 is 0 Å². The summed E-state index contributed by atoms with van der Waals surface area (Å²) < 4.78 is 16.8. The van der Waals surface area contributed by atoms with Crippen molar-refractivity contribution in [2.75, 3.05) is 13.2 Å². The molecule has 0 amide bonds. The monoisotopic (exact) mass is 1010 g/mol. The molecule has 414 valence electrons. The molecule has 0 heterocycles. The molecule has 1 atom stereocenters. The van der Waals surface area contributed by atoms with Crippen LogP contribution >= 0.6 is 0 Å². The van der Waals surface area contributed by atoms with Crippen molar-refractivity contribution in [3.63, 3.8) is 0 Å². The minimum absolute atomic E-state index is 0.110. The Bertz CT molecular complexity index is 1540. The zero-order valence-electron chi connectivity index (χ0n) is 47.4. The van der Waals surface area contributed by atoms with Gasteiger partial charge in [-0.25, -0.2) is 0 Å². The largest absolute Gasteiger partial charge is 0.462 e. The molecular formula is C67H110O6. The molecule has 0 bridgehead atoms. The van der Waals surface area contributed by atoms with Crippen molar-refractivity contribution in [3.05, 3.63) is 122 Å². The van der Waals surface area contributed by atoms with E-state index in [-0.39, 0.29) is 37.5 Å². The maximum atomic E-state index is 12.9. The average molecular weight is 1010 g/mol. The Morgan fingerprint density at radius 2 is 0.562 bits per heavy atom. The quantitative estimate of drug-likeness (QED) is 0.0261. The number of carbonyl (C=O) groups is 3. The SMILES string of the molecule is CC/C=C/C/C=C/C/C=C/C/C=C/C/C=C/C/C=C/CCC(=O)OC[C@@H](COC(=O)CCCCCCCCC/C=C/C/C=C/CCCCC)OC(=O)CCCCCCCCCCC/C=C/C/C=C/CCCCC. The lowest BCUT2D eigenvalue weighted by atomic mass is 10.1. The minimum atomic E-state index is -0.819. The molecule has 0 spiro atoms. The van der Waals surface area contributed by atoms with E-state index in [1.807, 2.05) is 6.08 Å². The molecule has 0 fully saturated rings. The van der Waals surface area contributed by atoms with Crippen LogP contribution in [0.1, 0.15) is 265 Å². The topological polar surface area (TPSA) is 78.9 Å². The molecule has 0 aliphatic carbocycles. The number of hydrogen-bond acceptors (Lipinski definition) is 6. The normalized spacial score (nSPS) is 13.0. The number of unbranched alkanes of at least 4 members (excludes halogenated alkanes) is 22. The van der Waals surface area contributed by atoms with Crippen LogP contribution in [0.2, 0.25) is 0 Å². The molecule has 73 heavy (non-hydrogen) atoms. The van der Waals surface area contributed by atoms with E-state index in [0.717, 1.165) is 96.3 Å². The van der Waals surface area contributed by atoms with Gasteiger partial charge in [-0.05, 0) is 122 Å². The fourth-order valence-electron chi connectivity index (χ4n) is 7.94. The highest BCUT2D eigenvalue weighted by atomic mass is 16.6. The third kappa shape index (κ3) is 58.6. The Hall–Kier alpha value is -4.19. The molecule has 0 aromatic carbocycles. The molecule has 0 radical (unpaired) electrons. The number of hydrogen-bond donors (Lipinski definition) is 0. The van der Waals surface area contributed by atoms with Gasteiger partial charge in [0.25, 0.3) is 0 Å². The Morgan fingerprint density at radius 3 is 0.918 bits per heavy atom. The second-order valence-electron chi connectivity index (χ2n) is 19.5. The van der Waals surface area contributed by atoms with Crippen LogP contribution in [-0.2, 0) is 28.6 Å². The maximum Gasteiger partial charge on any atom is 0.306 e. The third-order valence-electron chi connectivity index (χ3n) is 12.4. The predicted molar refractivity (Wildman–Crippen MR) is 316 cm³/mol. The molecule has 0 aliphatic rings. The Kier molecular flexibility index (Phi) is 56.9. The maximum absolute atomic E-state index is 12.9. The summed E-state index contributed by atoms with van der Waals surface area (Å²) in [6.07, 6.45) is 83.4. The summed E-state index contributed by atoms with van der Waals surface area (Å²) in [6.45, 7) is 6.41. The zero-order valence-corrected chi connectivity index (χ0v) is 47.4. The van der Waals surface area contributed by atoms with Crippen molar-refractivity contribution in [2.45, 2.75) is 271 Å². The minimum Gasteiger partial charge on any atom is -0.462 e. The molecule has 0 N–H and O–H groups in total. The average Bonchev–Trinajstić information content (AvgIpc) is 3.39. The van der Waals surface area contributed by atoms with Crippen LogP contribution in [0.3, 0.4) is 0 Å². The van der Waals surface area contributed by atoms with Crippen LogP contribution in [0.15, 0.2) is 122 Å². The van der Waals surface area contributed by atoms with Crippen molar-refractivity contribution in [2.24, 2.45) is 0 Å². The van der Waals surface area contributed by atoms with Crippen LogP contribution in [0.25, 0.3) is 0 Å². The van der Waals surface area contributed by atoms with Crippen molar-refractivity contribution in [3.8, 4) is 0 Å². The van der Waals surface area contributed by atoms with Gasteiger partial charge in [0.15, 0.2) is 6.10 Å². The lowest BCUT2D eigenvalue weighted by molar-refractivity contribution is -0.166. The first-order valence-corrected chi connectivity index (χ1v) is 30.0. The zero-order chi connectivity index (χ0) is 52.9. The highest BCUT2D eigenvalue weighted by Gasteiger charge is 2.19. The van der Waals surface area contributed by atoms with E-state index in [1.165, 1.54) is 122 Å². The fraction of sp³-hybridized carbons (Fsp3) is 0.657. The van der Waals surface area contributed by atoms with E-state index in [1.54, 1.807) is 0 Å². The summed E-state index contributed by atoms with van der Waals surface area (Å²) in [5, 5.41) is 0. The van der Waals surface area contributed by atoms with Gasteiger partial charge >= 0.3 is 17.9 Å². The van der Waals surface area contributed by atoms with E-state index in [2.05, 4.69) is 136 Å². The van der Waals surface area contributed by atoms with Gasteiger partial charge in [-0.3, -0.25) is 14.4 Å². The molecule has 0 aromatic heterocycles. The van der Waals surface area contributed by atoms with Gasteiger partial charge < -0.3 is 14.2 Å². The van der Waals surface area contributed by atoms with Gasteiger partial charge in [-0.1, -0.05) is 245 Å². The summed E-state index contributed by atoms with van der Waals surface area (Å²) in [4.78, 5) is 38.2. The van der Waals surface area contributed by atoms with E-state index in [9.17, 15) is 14.4 Å². The molecule has 0 rings (SSSR count). The van der Waals surface area contributed by atoms with Gasteiger partial charge in [-0.15, -0.1) is 0 Å². The molecule has 6 nitrogen and oxygen atoms in total. The van der Waals surface area contributed by atoms with E-state index < -0.39 is 6.10 Å². The molecule has 0 saturated heterocycles. The summed E-state index contributed by atoms with van der Waals surface area (Å²) in [6, 6.07) is 0. The number of rotatable bonds is 53. The lowest BCUT2D eigenvalue weighted by Crippen LogP contribution is -2.30. The highest BCUT2D eigenvalue weighted by molar-refractivity contribution is 5.71. The van der Waals surface area contributed by atoms with Crippen molar-refractivity contribution in [1.82, 2.24) is 0 Å². The lowest BCUT2D eigenvalue weighted by Gasteiger charge is -2.18. The third-order valence-corrected chi connectivity index (χ3v) is 12.4. The molecule has 0 aromatic rings. The number of carbonyl (C=O) groups excluding carboxylic acids is 3. The molecule has 0 unspecified atom stereocenters. The number of ether oxygens (including phenoxy) is 3. The smallest absolute Gasteiger partial charge is 0.306 e. The molecular weight excluding hydrogens is 901 g/mol. The van der Waals surface area contributed by atoms with E-state index in [4.69, 9.17) is 14.2 Å². The van der Waals surface area contributed by atoms with Crippen LogP contribution in [-0.4, -0.2) is 37.2 Å². The highest BCUT2D eigenvalue weighted by Crippen LogP contribution is 2.14. The van der Waals surface area contributed by atoms with Gasteiger partial charge in [0, 0.05) is 19.3 Å². The molecule has 6 heteroatoms. The molecule has 0 aliphatic heterocycles. The van der Waals surface area contributed by atoms with Crippen molar-refractivity contribution >= 4 is 17.9 Å². The summed E-state index contributed by atoms with van der Waals surface area (Å²) in [5.41, 5.74) is 0. The summed E-state index contributed by atoms with van der Waals surface area (Å²) >= 11 is 0. The standard InChI is InChI=1S/C67H110O6/c1-4-7-10-13-16-19-22-25-28-31-33-36-39-42-45-48-51-54-57-60-66(69)72-63-64(62-71-65(68)59-56-53-50-47-44-41-38-35-30-27-24-21-18-15-12-9-6-3)73-67(70)61-58-55-52-49-46-43-40-37-34-32-29-26-23-20-17-14-11-8-5-2/h7,10,16-21,25-30,33,36,42,45,51,54,64H,4-6,8-9,11-15,22-24,31-32,34-35,37-41,43-44,46-50,52-53,55-63H2,1-3H3/b10-7+,19-16+,20-17+,21-18+,28-25+,29-26+,30-27+,36-33+,45-42+,54-51+/t64-/m1/s1. The van der Waals surface area contributed by atoms with E-state index in [0.29, 0.717) is 19.3 Å². The molecule has 0 saturated carbocycles. The predicted octanol–water partition coefficient (Wildman–Crippen LogP) is 20.4. The van der Waals surface area contributed by atoms with Crippen LogP contribution in [0.5, 0.6) is 0 Å². The van der Waals surface area contributed by atoms with Gasteiger partial charge in [-0.2, -0.15) is 0 Å². The van der Waals surface area contributed by atoms with Crippen molar-refractivity contribution < 1.29 is 28.6 Å². The Balaban J connectivity index is 4.53. The fourth-order valence-corrected chi connectivity index (χ4v) is 7.94. The summed E-state index contributed by atoms with van der Waals surface area (Å²) in [7, 11) is 0. The second kappa shape index (κ2) is 60.4. The Labute approximate surface area is 450 Å². The van der Waals surface area contributed by atoms with Crippen LogP contribution in [0, 0.1) is 0 Å². The Morgan fingerprint density at radius 1 is 0.288 bits per heavy atom. The van der Waals surface area contributed by atoms with Gasteiger partial charge in [0.05, 0.1) is 0 Å². The van der Waals surface area contributed by atoms with Crippen LogP contribution in [0.4, 0.5) is 0 Å². The van der Waals surface area contributed by atoms with Crippen molar-refractivity contribution in [1.29, 1.82) is 0 Å². The van der Waals surface area contributed by atoms with Gasteiger partial charge in [0.1, 0.15) is 13.2 Å². The number of allylic oxidation sites excluding steroid dienone is 20. The number of esters is 3. The first-order chi connectivity index (χ1) is 36.0. The van der Waals surface area contributed by atoms with E-state index >= 15 is 0 Å². The first-order valence-electron chi connectivity index (χ1n) is 30.0. The summed E-state index contributed by atoms with van der Waals surface area (Å²) in [5.74, 6) is -1.01. The second-order valence-corrected chi connectivity index (χ2v) is 19.5.